The standard InChI is InChI=1S/C16H22O/c1-12-5-2-10-15(11-12)16(17)13-6-3-7-14(16)9-4-8-13/h2,5,10-11,13-14,17H,3-4,6-9H2,1H3. The maximum atomic E-state index is 11.2. The van der Waals surface area contributed by atoms with E-state index in [4.69, 9.17) is 0 Å². The van der Waals surface area contributed by atoms with Crippen molar-refractivity contribution in [2.75, 3.05) is 0 Å². The molecule has 3 rings (SSSR count). The van der Waals surface area contributed by atoms with E-state index < -0.39 is 5.60 Å². The minimum absolute atomic E-state index is 0.497. The Morgan fingerprint density at radius 2 is 1.65 bits per heavy atom. The molecule has 17 heavy (non-hydrogen) atoms. The molecule has 2 saturated carbocycles. The predicted molar refractivity (Wildman–Crippen MR) is 69.8 cm³/mol. The Balaban J connectivity index is 2.03. The number of fused-ring (bicyclic) bond motifs is 2. The maximum absolute atomic E-state index is 11.2. The van der Waals surface area contributed by atoms with Gasteiger partial charge in [-0.3, -0.25) is 0 Å². The van der Waals surface area contributed by atoms with Gasteiger partial charge in [0.15, 0.2) is 0 Å². The molecule has 0 aliphatic heterocycles. The molecular formula is C16H22O. The highest BCUT2D eigenvalue weighted by molar-refractivity contribution is 5.30. The second kappa shape index (κ2) is 4.13. The SMILES string of the molecule is Cc1cccc(C2(O)C3CCCC2CCC3)c1. The minimum Gasteiger partial charge on any atom is -0.385 e. The Hall–Kier alpha value is -0.820. The van der Waals surface area contributed by atoms with Gasteiger partial charge in [0.2, 0.25) is 0 Å². The van der Waals surface area contributed by atoms with Crippen LogP contribution in [0.4, 0.5) is 0 Å². The summed E-state index contributed by atoms with van der Waals surface area (Å²) in [7, 11) is 0. The second-order valence-corrected chi connectivity index (χ2v) is 5.95. The van der Waals surface area contributed by atoms with E-state index in [-0.39, 0.29) is 0 Å². The first kappa shape index (κ1) is 11.3. The van der Waals surface area contributed by atoms with Gasteiger partial charge in [-0.25, -0.2) is 0 Å². The van der Waals surface area contributed by atoms with Crippen molar-refractivity contribution < 1.29 is 5.11 Å². The van der Waals surface area contributed by atoms with Crippen LogP contribution in [0.25, 0.3) is 0 Å². The third kappa shape index (κ3) is 1.72. The van der Waals surface area contributed by atoms with E-state index in [0.29, 0.717) is 11.8 Å². The fraction of sp³-hybridized carbons (Fsp3) is 0.625. The quantitative estimate of drug-likeness (QED) is 0.778. The Morgan fingerprint density at radius 3 is 2.18 bits per heavy atom. The molecule has 2 aliphatic carbocycles. The molecule has 1 heteroatoms. The van der Waals surface area contributed by atoms with Crippen molar-refractivity contribution in [2.45, 2.75) is 51.0 Å². The molecule has 1 aromatic rings. The molecule has 2 bridgehead atoms. The summed E-state index contributed by atoms with van der Waals surface area (Å²) >= 11 is 0. The lowest BCUT2D eigenvalue weighted by molar-refractivity contribution is -0.126. The second-order valence-electron chi connectivity index (χ2n) is 5.95. The molecule has 0 amide bonds. The number of benzene rings is 1. The first-order valence-corrected chi connectivity index (χ1v) is 7.01. The van der Waals surface area contributed by atoms with Crippen LogP contribution in [0.15, 0.2) is 24.3 Å². The molecule has 1 aromatic carbocycles. The summed E-state index contributed by atoms with van der Waals surface area (Å²) in [6.45, 7) is 2.12. The van der Waals surface area contributed by atoms with Crippen molar-refractivity contribution in [3.63, 3.8) is 0 Å². The van der Waals surface area contributed by atoms with Crippen LogP contribution in [0, 0.1) is 18.8 Å². The molecular weight excluding hydrogens is 208 g/mol. The zero-order valence-electron chi connectivity index (χ0n) is 10.7. The Labute approximate surface area is 104 Å². The van der Waals surface area contributed by atoms with Crippen LogP contribution in [0.3, 0.4) is 0 Å². The molecule has 0 radical (unpaired) electrons. The largest absolute Gasteiger partial charge is 0.385 e. The summed E-state index contributed by atoms with van der Waals surface area (Å²) in [5.74, 6) is 0.994. The minimum atomic E-state index is -0.525. The Kier molecular flexibility index (Phi) is 2.74. The number of aryl methyl sites for hydroxylation is 1. The molecule has 0 aromatic heterocycles. The van der Waals surface area contributed by atoms with E-state index in [1.807, 2.05) is 0 Å². The summed E-state index contributed by atoms with van der Waals surface area (Å²) in [5.41, 5.74) is 1.91. The van der Waals surface area contributed by atoms with E-state index in [9.17, 15) is 5.11 Å². The third-order valence-electron chi connectivity index (χ3n) is 4.94. The zero-order chi connectivity index (χ0) is 11.9. The van der Waals surface area contributed by atoms with Crippen molar-refractivity contribution in [1.29, 1.82) is 0 Å². The van der Waals surface area contributed by atoms with E-state index >= 15 is 0 Å². The fourth-order valence-corrected chi connectivity index (χ4v) is 4.09. The molecule has 2 aliphatic rings. The molecule has 0 spiro atoms. The van der Waals surface area contributed by atoms with Crippen molar-refractivity contribution in [3.8, 4) is 0 Å². The number of rotatable bonds is 1. The topological polar surface area (TPSA) is 20.2 Å². The lowest BCUT2D eigenvalue weighted by Gasteiger charge is -2.50. The fourth-order valence-electron chi connectivity index (χ4n) is 4.09. The first-order chi connectivity index (χ1) is 8.21. The lowest BCUT2D eigenvalue weighted by Crippen LogP contribution is -2.47. The molecule has 2 fully saturated rings. The predicted octanol–water partition coefficient (Wildman–Crippen LogP) is 3.78. The molecule has 0 atom stereocenters. The van der Waals surface area contributed by atoms with Crippen molar-refractivity contribution in [1.82, 2.24) is 0 Å². The van der Waals surface area contributed by atoms with Gasteiger partial charge in [-0.05, 0) is 50.0 Å². The molecule has 1 N–H and O–H groups in total. The van der Waals surface area contributed by atoms with Crippen LogP contribution in [0.5, 0.6) is 0 Å². The van der Waals surface area contributed by atoms with Crippen LogP contribution in [-0.4, -0.2) is 5.11 Å². The summed E-state index contributed by atoms with van der Waals surface area (Å²) in [6, 6.07) is 8.53. The normalized spacial score (nSPS) is 36.8. The first-order valence-electron chi connectivity index (χ1n) is 7.01. The summed E-state index contributed by atoms with van der Waals surface area (Å²) in [6.07, 6.45) is 7.46. The molecule has 1 nitrogen and oxygen atoms in total. The van der Waals surface area contributed by atoms with Crippen LogP contribution >= 0.6 is 0 Å². The highest BCUT2D eigenvalue weighted by Crippen LogP contribution is 2.52. The summed E-state index contributed by atoms with van der Waals surface area (Å²) in [5, 5.41) is 11.2. The maximum Gasteiger partial charge on any atom is 0.0952 e. The smallest absolute Gasteiger partial charge is 0.0952 e. The van der Waals surface area contributed by atoms with Gasteiger partial charge < -0.3 is 5.11 Å². The van der Waals surface area contributed by atoms with E-state index in [0.717, 1.165) is 0 Å². The highest BCUT2D eigenvalue weighted by Gasteiger charge is 2.49. The number of hydrogen-bond donors (Lipinski definition) is 1. The van der Waals surface area contributed by atoms with Gasteiger partial charge in [-0.1, -0.05) is 42.7 Å². The van der Waals surface area contributed by atoms with Crippen LogP contribution in [0.2, 0.25) is 0 Å². The molecule has 0 unspecified atom stereocenters. The zero-order valence-corrected chi connectivity index (χ0v) is 10.7. The van der Waals surface area contributed by atoms with Crippen LogP contribution in [-0.2, 0) is 5.60 Å². The molecule has 92 valence electrons. The van der Waals surface area contributed by atoms with E-state index in [1.54, 1.807) is 0 Å². The number of hydrogen-bond acceptors (Lipinski definition) is 1. The van der Waals surface area contributed by atoms with Gasteiger partial charge in [0.1, 0.15) is 0 Å². The van der Waals surface area contributed by atoms with Gasteiger partial charge in [-0.2, -0.15) is 0 Å². The highest BCUT2D eigenvalue weighted by atomic mass is 16.3. The van der Waals surface area contributed by atoms with Gasteiger partial charge >= 0.3 is 0 Å². The van der Waals surface area contributed by atoms with Gasteiger partial charge in [0.25, 0.3) is 0 Å². The average molecular weight is 230 g/mol. The van der Waals surface area contributed by atoms with Gasteiger partial charge in [0, 0.05) is 0 Å². The lowest BCUT2D eigenvalue weighted by atomic mass is 9.59. The van der Waals surface area contributed by atoms with E-state index in [1.165, 1.54) is 49.7 Å². The summed E-state index contributed by atoms with van der Waals surface area (Å²) < 4.78 is 0. The average Bonchev–Trinajstić information content (AvgIpc) is 2.28. The summed E-state index contributed by atoms with van der Waals surface area (Å²) in [4.78, 5) is 0. The number of aliphatic hydroxyl groups is 1. The van der Waals surface area contributed by atoms with Crippen molar-refractivity contribution in [3.05, 3.63) is 35.4 Å². The van der Waals surface area contributed by atoms with Crippen LogP contribution in [0.1, 0.15) is 49.7 Å². The monoisotopic (exact) mass is 230 g/mol. The molecule has 0 saturated heterocycles. The van der Waals surface area contributed by atoms with Gasteiger partial charge in [0.05, 0.1) is 5.60 Å². The van der Waals surface area contributed by atoms with Crippen molar-refractivity contribution >= 4 is 0 Å². The molecule has 0 heterocycles. The van der Waals surface area contributed by atoms with Gasteiger partial charge in [-0.15, -0.1) is 0 Å². The Morgan fingerprint density at radius 1 is 1.06 bits per heavy atom. The van der Waals surface area contributed by atoms with Crippen LogP contribution < -0.4 is 0 Å². The van der Waals surface area contributed by atoms with E-state index in [2.05, 4.69) is 31.2 Å². The Bertz CT molecular complexity index is 388. The van der Waals surface area contributed by atoms with Crippen molar-refractivity contribution in [2.24, 2.45) is 11.8 Å². The third-order valence-corrected chi connectivity index (χ3v) is 4.94.